The summed E-state index contributed by atoms with van der Waals surface area (Å²) in [6, 6.07) is 17.2. The number of hydrogen-bond donors (Lipinski definition) is 2. The molecule has 3 rings (SSSR count). The summed E-state index contributed by atoms with van der Waals surface area (Å²) >= 11 is 2.84. The van der Waals surface area contributed by atoms with Crippen LogP contribution in [0.25, 0.3) is 11.3 Å². The van der Waals surface area contributed by atoms with Crippen LogP contribution in [0.5, 0.6) is 0 Å². The van der Waals surface area contributed by atoms with Gasteiger partial charge in [-0.2, -0.15) is 0 Å². The highest BCUT2D eigenvalue weighted by atomic mass is 32.2. The van der Waals surface area contributed by atoms with E-state index in [-0.39, 0.29) is 11.8 Å². The van der Waals surface area contributed by atoms with Gasteiger partial charge in [-0.3, -0.25) is 9.59 Å². The molecule has 0 unspecified atom stereocenters. The van der Waals surface area contributed by atoms with Crippen molar-refractivity contribution in [2.75, 3.05) is 16.4 Å². The predicted octanol–water partition coefficient (Wildman–Crippen LogP) is 4.50. The van der Waals surface area contributed by atoms with E-state index in [1.54, 1.807) is 0 Å². The van der Waals surface area contributed by atoms with Crippen LogP contribution in [0.2, 0.25) is 0 Å². The molecule has 0 aliphatic rings. The van der Waals surface area contributed by atoms with Gasteiger partial charge in [-0.05, 0) is 24.3 Å². The number of nitrogens with one attached hydrogen (secondary N) is 2. The molecule has 2 amide bonds. The highest BCUT2D eigenvalue weighted by molar-refractivity contribution is 8.00. The van der Waals surface area contributed by atoms with Crippen LogP contribution in [-0.4, -0.2) is 22.6 Å². The van der Waals surface area contributed by atoms with Gasteiger partial charge in [0.15, 0.2) is 5.13 Å². The third-order valence-corrected chi connectivity index (χ3v) is 5.13. The molecule has 3 aromatic rings. The van der Waals surface area contributed by atoms with Gasteiger partial charge in [0.25, 0.3) is 0 Å². The second-order valence-electron chi connectivity index (χ2n) is 5.45. The Balaban J connectivity index is 1.51. The Morgan fingerprint density at radius 2 is 1.77 bits per heavy atom. The average molecular weight is 383 g/mol. The Hall–Kier alpha value is -2.64. The van der Waals surface area contributed by atoms with Gasteiger partial charge in [-0.15, -0.1) is 23.1 Å². The molecule has 132 valence electrons. The van der Waals surface area contributed by atoms with Crippen molar-refractivity contribution < 1.29 is 9.59 Å². The molecule has 2 N–H and O–H groups in total. The Labute approximate surface area is 159 Å². The van der Waals surface area contributed by atoms with Gasteiger partial charge in [0, 0.05) is 28.5 Å². The van der Waals surface area contributed by atoms with Crippen molar-refractivity contribution >= 4 is 45.7 Å². The summed E-state index contributed by atoms with van der Waals surface area (Å²) in [7, 11) is 0. The zero-order chi connectivity index (χ0) is 18.4. The molecule has 0 radical (unpaired) electrons. The number of thioether (sulfide) groups is 1. The van der Waals surface area contributed by atoms with Crippen LogP contribution in [0.3, 0.4) is 0 Å². The lowest BCUT2D eigenvalue weighted by molar-refractivity contribution is -0.114. The lowest BCUT2D eigenvalue weighted by Gasteiger charge is -2.05. The normalized spacial score (nSPS) is 10.3. The minimum Gasteiger partial charge on any atom is -0.326 e. The Morgan fingerprint density at radius 1 is 1.04 bits per heavy atom. The molecular formula is C19H17N3O2S2. The van der Waals surface area contributed by atoms with Crippen LogP contribution < -0.4 is 10.6 Å². The summed E-state index contributed by atoms with van der Waals surface area (Å²) in [5.74, 6) is 0.0812. The van der Waals surface area contributed by atoms with E-state index in [4.69, 9.17) is 0 Å². The van der Waals surface area contributed by atoms with Gasteiger partial charge in [0.2, 0.25) is 11.8 Å². The molecule has 26 heavy (non-hydrogen) atoms. The van der Waals surface area contributed by atoms with Gasteiger partial charge in [0.1, 0.15) is 0 Å². The molecule has 0 atom stereocenters. The molecular weight excluding hydrogens is 366 g/mol. The largest absolute Gasteiger partial charge is 0.326 e. The van der Waals surface area contributed by atoms with E-state index >= 15 is 0 Å². The average Bonchev–Trinajstić information content (AvgIpc) is 3.10. The summed E-state index contributed by atoms with van der Waals surface area (Å²) < 4.78 is 0. The van der Waals surface area contributed by atoms with Crippen molar-refractivity contribution in [3.05, 3.63) is 60.0 Å². The Bertz CT molecular complexity index is 893. The van der Waals surface area contributed by atoms with Crippen molar-refractivity contribution in [1.29, 1.82) is 0 Å². The molecule has 0 aliphatic carbocycles. The first kappa shape index (κ1) is 18.2. The maximum Gasteiger partial charge on any atom is 0.236 e. The van der Waals surface area contributed by atoms with Gasteiger partial charge < -0.3 is 10.6 Å². The zero-order valence-electron chi connectivity index (χ0n) is 14.1. The second kappa shape index (κ2) is 8.64. The molecule has 0 saturated carbocycles. The monoisotopic (exact) mass is 383 g/mol. The van der Waals surface area contributed by atoms with E-state index in [0.717, 1.165) is 21.8 Å². The van der Waals surface area contributed by atoms with Crippen molar-refractivity contribution in [1.82, 2.24) is 4.98 Å². The molecule has 5 nitrogen and oxygen atoms in total. The first-order valence-electron chi connectivity index (χ1n) is 7.91. The highest BCUT2D eigenvalue weighted by Crippen LogP contribution is 2.25. The maximum atomic E-state index is 12.1. The number of benzene rings is 2. The number of nitrogens with zero attached hydrogens (tertiary/aromatic N) is 1. The molecule has 1 aromatic heterocycles. The standard InChI is InChI=1S/C19H17N3O2S2/c1-13(23)20-15-7-9-16(10-8-15)25-12-18(24)22-19-21-17(11-26-19)14-5-3-2-4-6-14/h2-11H,12H2,1H3,(H,20,23)(H,21,22,24). The minimum absolute atomic E-state index is 0.102. The summed E-state index contributed by atoms with van der Waals surface area (Å²) in [4.78, 5) is 28.5. The number of hydrogen-bond acceptors (Lipinski definition) is 5. The summed E-state index contributed by atoms with van der Waals surface area (Å²) in [5, 5.41) is 8.06. The molecule has 0 saturated heterocycles. The van der Waals surface area contributed by atoms with Crippen LogP contribution in [-0.2, 0) is 9.59 Å². The SMILES string of the molecule is CC(=O)Nc1ccc(SCC(=O)Nc2nc(-c3ccccc3)cs2)cc1. The third kappa shape index (κ3) is 5.18. The van der Waals surface area contributed by atoms with E-state index in [0.29, 0.717) is 10.9 Å². The van der Waals surface area contributed by atoms with Crippen molar-refractivity contribution in [2.45, 2.75) is 11.8 Å². The number of anilines is 2. The van der Waals surface area contributed by atoms with Crippen LogP contribution >= 0.6 is 23.1 Å². The first-order chi connectivity index (χ1) is 12.6. The second-order valence-corrected chi connectivity index (χ2v) is 7.35. The van der Waals surface area contributed by atoms with Crippen LogP contribution in [0.1, 0.15) is 6.92 Å². The molecule has 0 aliphatic heterocycles. The lowest BCUT2D eigenvalue weighted by atomic mass is 10.2. The number of carbonyl (C=O) groups is 2. The number of carbonyl (C=O) groups excluding carboxylic acids is 2. The first-order valence-corrected chi connectivity index (χ1v) is 9.78. The fourth-order valence-corrected chi connectivity index (χ4v) is 3.65. The fourth-order valence-electron chi connectivity index (χ4n) is 2.21. The molecule has 2 aromatic carbocycles. The van der Waals surface area contributed by atoms with E-state index in [1.807, 2.05) is 60.0 Å². The topological polar surface area (TPSA) is 71.1 Å². The van der Waals surface area contributed by atoms with Crippen molar-refractivity contribution in [2.24, 2.45) is 0 Å². The smallest absolute Gasteiger partial charge is 0.236 e. The fraction of sp³-hybridized carbons (Fsp3) is 0.105. The van der Waals surface area contributed by atoms with Gasteiger partial charge in [-0.1, -0.05) is 30.3 Å². The van der Waals surface area contributed by atoms with Gasteiger partial charge in [0.05, 0.1) is 11.4 Å². The molecule has 0 bridgehead atoms. The number of thiazole rings is 1. The molecule has 7 heteroatoms. The number of rotatable bonds is 6. The van der Waals surface area contributed by atoms with E-state index in [9.17, 15) is 9.59 Å². The van der Waals surface area contributed by atoms with Gasteiger partial charge in [-0.25, -0.2) is 4.98 Å². The third-order valence-electron chi connectivity index (χ3n) is 3.36. The molecule has 1 heterocycles. The molecule has 0 fully saturated rings. The van der Waals surface area contributed by atoms with Gasteiger partial charge >= 0.3 is 0 Å². The Morgan fingerprint density at radius 3 is 2.46 bits per heavy atom. The predicted molar refractivity (Wildman–Crippen MR) is 108 cm³/mol. The van der Waals surface area contributed by atoms with Crippen LogP contribution in [0, 0.1) is 0 Å². The van der Waals surface area contributed by atoms with E-state index < -0.39 is 0 Å². The summed E-state index contributed by atoms with van der Waals surface area (Å²) in [6.45, 7) is 1.47. The molecule has 0 spiro atoms. The van der Waals surface area contributed by atoms with Crippen LogP contribution in [0.4, 0.5) is 10.8 Å². The summed E-state index contributed by atoms with van der Waals surface area (Å²) in [5.41, 5.74) is 2.62. The van der Waals surface area contributed by atoms with E-state index in [1.165, 1.54) is 30.0 Å². The highest BCUT2D eigenvalue weighted by Gasteiger charge is 2.08. The van der Waals surface area contributed by atoms with E-state index in [2.05, 4.69) is 15.6 Å². The Kier molecular flexibility index (Phi) is 6.04. The maximum absolute atomic E-state index is 12.1. The van der Waals surface area contributed by atoms with Crippen LogP contribution in [0.15, 0.2) is 64.9 Å². The number of aromatic nitrogens is 1. The number of amides is 2. The summed E-state index contributed by atoms with van der Waals surface area (Å²) in [6.07, 6.45) is 0. The lowest BCUT2D eigenvalue weighted by Crippen LogP contribution is -2.13. The van der Waals surface area contributed by atoms with Crippen molar-refractivity contribution in [3.8, 4) is 11.3 Å². The quantitative estimate of drug-likeness (QED) is 0.615. The minimum atomic E-state index is -0.108. The zero-order valence-corrected chi connectivity index (χ0v) is 15.7. The van der Waals surface area contributed by atoms with Crippen molar-refractivity contribution in [3.63, 3.8) is 0 Å².